The summed E-state index contributed by atoms with van der Waals surface area (Å²) in [6.07, 6.45) is 0. The number of para-hydroxylation sites is 2. The molecule has 0 saturated carbocycles. The van der Waals surface area contributed by atoms with Crippen LogP contribution in [0.15, 0.2) is 188 Å². The molecule has 6 nitrogen and oxygen atoms in total. The molecule has 0 bridgehead atoms. The highest BCUT2D eigenvalue weighted by atomic mass is 16.4. The minimum absolute atomic E-state index is 0.590. The van der Waals surface area contributed by atoms with Crippen molar-refractivity contribution in [3.8, 4) is 22.6 Å². The Labute approximate surface area is 313 Å². The van der Waals surface area contributed by atoms with Crippen molar-refractivity contribution >= 4 is 94.0 Å². The Hall–Kier alpha value is -7.57. The molecule has 0 aliphatic carbocycles. The maximum atomic E-state index is 6.40. The first-order valence-electron chi connectivity index (χ1n) is 18.3. The van der Waals surface area contributed by atoms with Gasteiger partial charge in [-0.1, -0.05) is 72.8 Å². The molecular formula is C49H28N2O4. The molecule has 55 heavy (non-hydrogen) atoms. The number of nitrogens with zero attached hydrogens (tertiary/aromatic N) is 2. The molecule has 4 aromatic heterocycles. The maximum Gasteiger partial charge on any atom is 0.227 e. The van der Waals surface area contributed by atoms with Crippen molar-refractivity contribution in [2.45, 2.75) is 0 Å². The van der Waals surface area contributed by atoms with Crippen LogP contribution in [0.3, 0.4) is 0 Å². The van der Waals surface area contributed by atoms with E-state index in [0.29, 0.717) is 5.89 Å². The van der Waals surface area contributed by atoms with E-state index >= 15 is 0 Å². The van der Waals surface area contributed by atoms with Crippen molar-refractivity contribution < 1.29 is 17.7 Å². The van der Waals surface area contributed by atoms with Gasteiger partial charge in [0, 0.05) is 61.7 Å². The first-order chi connectivity index (χ1) is 27.2. The molecule has 0 saturated heterocycles. The molecule has 0 spiro atoms. The summed E-state index contributed by atoms with van der Waals surface area (Å²) in [5.74, 6) is 0.590. The van der Waals surface area contributed by atoms with E-state index in [-0.39, 0.29) is 0 Å². The molecule has 0 unspecified atom stereocenters. The summed E-state index contributed by atoms with van der Waals surface area (Å²) in [5.41, 5.74) is 12.5. The topological polar surface area (TPSA) is 68.7 Å². The smallest absolute Gasteiger partial charge is 0.227 e. The zero-order valence-corrected chi connectivity index (χ0v) is 29.2. The third kappa shape index (κ3) is 4.65. The predicted molar refractivity (Wildman–Crippen MR) is 221 cm³/mol. The highest BCUT2D eigenvalue weighted by Crippen LogP contribution is 2.42. The number of hydrogen-bond acceptors (Lipinski definition) is 6. The van der Waals surface area contributed by atoms with E-state index in [9.17, 15) is 0 Å². The number of fused-ring (bicyclic) bond motifs is 11. The number of benzene rings is 8. The zero-order chi connectivity index (χ0) is 36.0. The molecule has 4 heterocycles. The van der Waals surface area contributed by atoms with Crippen LogP contribution in [-0.4, -0.2) is 4.98 Å². The fraction of sp³-hybridized carbons (Fsp3) is 0. The minimum Gasteiger partial charge on any atom is -0.456 e. The third-order valence-corrected chi connectivity index (χ3v) is 10.7. The van der Waals surface area contributed by atoms with Gasteiger partial charge >= 0.3 is 0 Å². The van der Waals surface area contributed by atoms with Gasteiger partial charge in [-0.05, 0) is 96.1 Å². The van der Waals surface area contributed by atoms with Gasteiger partial charge in [0.05, 0.1) is 5.39 Å². The Morgan fingerprint density at radius 3 is 1.58 bits per heavy atom. The van der Waals surface area contributed by atoms with Gasteiger partial charge in [-0.15, -0.1) is 0 Å². The first kappa shape index (κ1) is 29.9. The van der Waals surface area contributed by atoms with Crippen molar-refractivity contribution in [2.75, 3.05) is 4.90 Å². The fourth-order valence-electron chi connectivity index (χ4n) is 8.09. The van der Waals surface area contributed by atoms with Crippen LogP contribution < -0.4 is 4.90 Å². The zero-order valence-electron chi connectivity index (χ0n) is 29.2. The predicted octanol–water partition coefficient (Wildman–Crippen LogP) is 14.3. The van der Waals surface area contributed by atoms with Gasteiger partial charge in [0.1, 0.15) is 39.0 Å². The summed E-state index contributed by atoms with van der Waals surface area (Å²) in [7, 11) is 0. The van der Waals surface area contributed by atoms with E-state index < -0.39 is 0 Å². The lowest BCUT2D eigenvalue weighted by molar-refractivity contribution is 0.622. The second-order valence-corrected chi connectivity index (χ2v) is 13.9. The lowest BCUT2D eigenvalue weighted by atomic mass is 10.0. The summed E-state index contributed by atoms with van der Waals surface area (Å²) in [4.78, 5) is 7.06. The summed E-state index contributed by atoms with van der Waals surface area (Å²) in [6.45, 7) is 0. The van der Waals surface area contributed by atoms with Gasteiger partial charge < -0.3 is 22.6 Å². The molecule has 12 rings (SSSR count). The van der Waals surface area contributed by atoms with Crippen LogP contribution in [0.1, 0.15) is 0 Å². The average molecular weight is 709 g/mol. The molecular weight excluding hydrogens is 681 g/mol. The summed E-state index contributed by atoms with van der Waals surface area (Å²) >= 11 is 0. The molecule has 0 aliphatic heterocycles. The van der Waals surface area contributed by atoms with Crippen LogP contribution >= 0.6 is 0 Å². The van der Waals surface area contributed by atoms with E-state index in [1.54, 1.807) is 0 Å². The lowest BCUT2D eigenvalue weighted by Gasteiger charge is -2.25. The first-order valence-corrected chi connectivity index (χ1v) is 18.3. The maximum absolute atomic E-state index is 6.40. The molecule has 6 heteroatoms. The van der Waals surface area contributed by atoms with Crippen molar-refractivity contribution in [1.82, 2.24) is 4.98 Å². The van der Waals surface area contributed by atoms with E-state index in [1.807, 2.05) is 84.9 Å². The van der Waals surface area contributed by atoms with E-state index in [4.69, 9.17) is 22.7 Å². The summed E-state index contributed by atoms with van der Waals surface area (Å²) in [5, 5.41) is 6.29. The van der Waals surface area contributed by atoms with Crippen molar-refractivity contribution in [3.63, 3.8) is 0 Å². The lowest BCUT2D eigenvalue weighted by Crippen LogP contribution is -2.09. The van der Waals surface area contributed by atoms with Crippen molar-refractivity contribution in [3.05, 3.63) is 170 Å². The SMILES string of the molecule is c1ccc(-c2nc3ccc4oc5ccc(-c6ccc(N(c7ccc8c(c7)oc7ccccc78)c7ccc8c(c7)oc7ccccc78)cc6)cc5c4c3o2)cc1. The van der Waals surface area contributed by atoms with Crippen LogP contribution in [0.5, 0.6) is 0 Å². The van der Waals surface area contributed by atoms with Gasteiger partial charge in [-0.25, -0.2) is 4.98 Å². The second kappa shape index (κ2) is 11.5. The fourth-order valence-corrected chi connectivity index (χ4v) is 8.09. The Morgan fingerprint density at radius 2 is 0.891 bits per heavy atom. The molecule has 0 fully saturated rings. The molecule has 0 aliphatic rings. The van der Waals surface area contributed by atoms with Crippen LogP contribution in [0.2, 0.25) is 0 Å². The Kier molecular flexibility index (Phi) is 6.24. The van der Waals surface area contributed by atoms with Crippen LogP contribution in [0.25, 0.3) is 99.5 Å². The summed E-state index contributed by atoms with van der Waals surface area (Å²) < 4.78 is 25.4. The largest absolute Gasteiger partial charge is 0.456 e. The van der Waals surface area contributed by atoms with Crippen molar-refractivity contribution in [2.24, 2.45) is 0 Å². The van der Waals surface area contributed by atoms with E-state index in [1.165, 1.54) is 0 Å². The number of furan rings is 3. The van der Waals surface area contributed by atoms with Gasteiger partial charge in [0.15, 0.2) is 5.58 Å². The Morgan fingerprint density at radius 1 is 0.345 bits per heavy atom. The third-order valence-electron chi connectivity index (χ3n) is 10.7. The number of aromatic nitrogens is 1. The summed E-state index contributed by atoms with van der Waals surface area (Å²) in [6, 6.07) is 58.1. The standard InChI is InChI=1S/C49H28N2O4/c1-2-8-30(9-3-1)49-50-40-23-25-44-47(48(40)55-49)39-26-31(16-24-43(39)52-44)29-14-17-32(18-15-29)51(33-19-21-37-35-10-4-6-12-41(35)53-45(37)27-33)34-20-22-38-36-11-5-7-13-42(36)54-46(38)28-34/h1-28H. The highest BCUT2D eigenvalue weighted by molar-refractivity contribution is 6.17. The molecule has 8 aromatic carbocycles. The van der Waals surface area contributed by atoms with Crippen molar-refractivity contribution in [1.29, 1.82) is 0 Å². The molecule has 0 radical (unpaired) electrons. The number of oxazole rings is 1. The molecule has 0 amide bonds. The molecule has 12 aromatic rings. The number of anilines is 3. The van der Waals surface area contributed by atoms with Crippen LogP contribution in [0.4, 0.5) is 17.1 Å². The minimum atomic E-state index is 0.590. The number of rotatable bonds is 5. The van der Waals surface area contributed by atoms with E-state index in [0.717, 1.165) is 111 Å². The van der Waals surface area contributed by atoms with Gasteiger partial charge in [0.25, 0.3) is 0 Å². The Balaban J connectivity index is 0.979. The van der Waals surface area contributed by atoms with Gasteiger partial charge in [0.2, 0.25) is 5.89 Å². The van der Waals surface area contributed by atoms with Gasteiger partial charge in [-0.2, -0.15) is 0 Å². The quantitative estimate of drug-likeness (QED) is 0.177. The Bertz CT molecular complexity index is 3330. The number of hydrogen-bond donors (Lipinski definition) is 0. The van der Waals surface area contributed by atoms with Crippen LogP contribution in [0, 0.1) is 0 Å². The van der Waals surface area contributed by atoms with E-state index in [2.05, 4.69) is 89.8 Å². The monoisotopic (exact) mass is 708 g/mol. The highest BCUT2D eigenvalue weighted by Gasteiger charge is 2.20. The molecule has 0 atom stereocenters. The molecule has 258 valence electrons. The second-order valence-electron chi connectivity index (χ2n) is 13.9. The average Bonchev–Trinajstić information content (AvgIpc) is 4.02. The van der Waals surface area contributed by atoms with Gasteiger partial charge in [-0.3, -0.25) is 0 Å². The normalized spacial score (nSPS) is 12.0. The van der Waals surface area contributed by atoms with Crippen LogP contribution in [-0.2, 0) is 0 Å². The molecule has 0 N–H and O–H groups in total.